The van der Waals surface area contributed by atoms with Crippen molar-refractivity contribution in [3.05, 3.63) is 0 Å². The molecular weight excluding hydrogens is 212 g/mol. The van der Waals surface area contributed by atoms with Gasteiger partial charge in [0, 0.05) is 38.3 Å². The second-order valence-electron chi connectivity index (χ2n) is 5.37. The van der Waals surface area contributed by atoms with Crippen molar-refractivity contribution in [2.24, 2.45) is 5.92 Å². The van der Waals surface area contributed by atoms with Crippen molar-refractivity contribution >= 4 is 0 Å². The summed E-state index contributed by atoms with van der Waals surface area (Å²) in [5.41, 5.74) is 0. The maximum atomic E-state index is 5.62. The first-order valence-corrected chi connectivity index (χ1v) is 7.24. The summed E-state index contributed by atoms with van der Waals surface area (Å²) in [5.74, 6) is 0.765. The molecule has 3 heteroatoms. The summed E-state index contributed by atoms with van der Waals surface area (Å²) >= 11 is 0. The lowest BCUT2D eigenvalue weighted by Crippen LogP contribution is -2.58. The Morgan fingerprint density at radius 1 is 1.35 bits per heavy atom. The van der Waals surface area contributed by atoms with Gasteiger partial charge >= 0.3 is 0 Å². The number of nitrogens with one attached hydrogen (secondary N) is 1. The summed E-state index contributed by atoms with van der Waals surface area (Å²) < 4.78 is 5.62. The molecule has 0 saturated carbocycles. The molecule has 1 fully saturated rings. The van der Waals surface area contributed by atoms with E-state index in [1.165, 1.54) is 6.42 Å². The third-order valence-corrected chi connectivity index (χ3v) is 3.82. The Morgan fingerprint density at radius 3 is 2.76 bits per heavy atom. The van der Waals surface area contributed by atoms with Gasteiger partial charge in [0.2, 0.25) is 0 Å². The SMILES string of the molecule is CCCOCCN1CC(C)NCC1C(C)CC. The van der Waals surface area contributed by atoms with E-state index in [0.29, 0.717) is 12.1 Å². The van der Waals surface area contributed by atoms with Crippen LogP contribution in [0.15, 0.2) is 0 Å². The van der Waals surface area contributed by atoms with E-state index in [2.05, 4.69) is 37.9 Å². The van der Waals surface area contributed by atoms with Crippen LogP contribution in [0.2, 0.25) is 0 Å². The molecule has 0 aromatic rings. The van der Waals surface area contributed by atoms with E-state index in [9.17, 15) is 0 Å². The quantitative estimate of drug-likeness (QED) is 0.692. The number of nitrogens with zero attached hydrogens (tertiary/aromatic N) is 1. The van der Waals surface area contributed by atoms with Crippen LogP contribution in [0.5, 0.6) is 0 Å². The van der Waals surface area contributed by atoms with Crippen LogP contribution in [0.1, 0.15) is 40.5 Å². The molecule has 0 aromatic carbocycles. The van der Waals surface area contributed by atoms with Gasteiger partial charge in [-0.3, -0.25) is 4.90 Å². The minimum Gasteiger partial charge on any atom is -0.380 e. The van der Waals surface area contributed by atoms with Crippen molar-refractivity contribution in [1.82, 2.24) is 10.2 Å². The van der Waals surface area contributed by atoms with E-state index in [1.807, 2.05) is 0 Å². The number of piperazine rings is 1. The minimum absolute atomic E-state index is 0.612. The second-order valence-corrected chi connectivity index (χ2v) is 5.37. The largest absolute Gasteiger partial charge is 0.380 e. The molecule has 1 aliphatic rings. The third kappa shape index (κ3) is 4.94. The van der Waals surface area contributed by atoms with E-state index in [4.69, 9.17) is 4.74 Å². The van der Waals surface area contributed by atoms with E-state index >= 15 is 0 Å². The highest BCUT2D eigenvalue weighted by molar-refractivity contribution is 4.86. The predicted octanol–water partition coefficient (Wildman–Crippen LogP) is 2.12. The number of rotatable bonds is 7. The van der Waals surface area contributed by atoms with Gasteiger partial charge in [0.05, 0.1) is 6.61 Å². The average molecular weight is 242 g/mol. The fraction of sp³-hybridized carbons (Fsp3) is 1.00. The molecule has 1 aliphatic heterocycles. The molecule has 102 valence electrons. The maximum Gasteiger partial charge on any atom is 0.0593 e. The van der Waals surface area contributed by atoms with Crippen molar-refractivity contribution in [3.63, 3.8) is 0 Å². The van der Waals surface area contributed by atoms with Crippen LogP contribution >= 0.6 is 0 Å². The highest BCUT2D eigenvalue weighted by Crippen LogP contribution is 2.17. The fourth-order valence-electron chi connectivity index (χ4n) is 2.52. The molecule has 0 bridgehead atoms. The van der Waals surface area contributed by atoms with Crippen molar-refractivity contribution < 1.29 is 4.74 Å². The number of hydrogen-bond donors (Lipinski definition) is 1. The van der Waals surface area contributed by atoms with E-state index in [-0.39, 0.29) is 0 Å². The van der Waals surface area contributed by atoms with Crippen LogP contribution in [0.4, 0.5) is 0 Å². The van der Waals surface area contributed by atoms with Crippen LogP contribution in [0, 0.1) is 5.92 Å². The molecule has 1 saturated heterocycles. The molecule has 3 nitrogen and oxygen atoms in total. The van der Waals surface area contributed by atoms with E-state index in [1.54, 1.807) is 0 Å². The van der Waals surface area contributed by atoms with Gasteiger partial charge in [0.15, 0.2) is 0 Å². The second kappa shape index (κ2) is 8.06. The Morgan fingerprint density at radius 2 is 2.12 bits per heavy atom. The van der Waals surface area contributed by atoms with Crippen LogP contribution in [-0.2, 0) is 4.74 Å². The van der Waals surface area contributed by atoms with Crippen LogP contribution in [0.25, 0.3) is 0 Å². The predicted molar refractivity (Wildman–Crippen MR) is 73.4 cm³/mol. The van der Waals surface area contributed by atoms with Crippen LogP contribution in [0.3, 0.4) is 0 Å². The molecule has 0 aromatic heterocycles. The molecule has 0 spiro atoms. The van der Waals surface area contributed by atoms with Crippen LogP contribution < -0.4 is 5.32 Å². The first kappa shape index (κ1) is 14.9. The molecule has 1 heterocycles. The smallest absolute Gasteiger partial charge is 0.0593 e. The van der Waals surface area contributed by atoms with Gasteiger partial charge < -0.3 is 10.1 Å². The van der Waals surface area contributed by atoms with E-state index < -0.39 is 0 Å². The zero-order chi connectivity index (χ0) is 12.7. The summed E-state index contributed by atoms with van der Waals surface area (Å²) in [7, 11) is 0. The Kier molecular flexibility index (Phi) is 7.09. The van der Waals surface area contributed by atoms with Crippen molar-refractivity contribution in [2.45, 2.75) is 52.6 Å². The molecule has 3 atom stereocenters. The van der Waals surface area contributed by atoms with Crippen LogP contribution in [-0.4, -0.2) is 49.8 Å². The maximum absolute atomic E-state index is 5.62. The first-order valence-electron chi connectivity index (χ1n) is 7.24. The fourth-order valence-corrected chi connectivity index (χ4v) is 2.52. The van der Waals surface area contributed by atoms with Gasteiger partial charge in [-0.2, -0.15) is 0 Å². The van der Waals surface area contributed by atoms with Gasteiger partial charge in [-0.25, -0.2) is 0 Å². The summed E-state index contributed by atoms with van der Waals surface area (Å²) in [5, 5.41) is 3.60. The minimum atomic E-state index is 0.612. The molecule has 1 N–H and O–H groups in total. The molecule has 3 unspecified atom stereocenters. The third-order valence-electron chi connectivity index (χ3n) is 3.82. The zero-order valence-corrected chi connectivity index (χ0v) is 12.0. The van der Waals surface area contributed by atoms with Gasteiger partial charge in [-0.15, -0.1) is 0 Å². The highest BCUT2D eigenvalue weighted by Gasteiger charge is 2.28. The molecule has 0 radical (unpaired) electrons. The lowest BCUT2D eigenvalue weighted by Gasteiger charge is -2.42. The van der Waals surface area contributed by atoms with Gasteiger partial charge in [-0.05, 0) is 19.3 Å². The molecular formula is C14H30N2O. The summed E-state index contributed by atoms with van der Waals surface area (Å²) in [6.45, 7) is 14.2. The summed E-state index contributed by atoms with van der Waals surface area (Å²) in [4.78, 5) is 2.62. The zero-order valence-electron chi connectivity index (χ0n) is 12.0. The van der Waals surface area contributed by atoms with E-state index in [0.717, 1.165) is 45.2 Å². The normalized spacial score (nSPS) is 28.2. The van der Waals surface area contributed by atoms with Gasteiger partial charge in [0.1, 0.15) is 0 Å². The summed E-state index contributed by atoms with van der Waals surface area (Å²) in [6, 6.07) is 1.29. The topological polar surface area (TPSA) is 24.5 Å². The van der Waals surface area contributed by atoms with Crippen molar-refractivity contribution in [2.75, 3.05) is 32.8 Å². The Labute approximate surface area is 107 Å². The monoisotopic (exact) mass is 242 g/mol. The molecule has 1 rings (SSSR count). The standard InChI is InChI=1S/C14H30N2O/c1-5-8-17-9-7-16-11-13(4)15-10-14(16)12(3)6-2/h12-15H,5-11H2,1-4H3. The first-order chi connectivity index (χ1) is 8.19. The average Bonchev–Trinajstić information content (AvgIpc) is 2.34. The highest BCUT2D eigenvalue weighted by atomic mass is 16.5. The Bertz CT molecular complexity index is 199. The Hall–Kier alpha value is -0.120. The molecule has 17 heavy (non-hydrogen) atoms. The van der Waals surface area contributed by atoms with Gasteiger partial charge in [0.25, 0.3) is 0 Å². The Balaban J connectivity index is 2.38. The number of hydrogen-bond acceptors (Lipinski definition) is 3. The van der Waals surface area contributed by atoms with Crippen molar-refractivity contribution in [3.8, 4) is 0 Å². The molecule has 0 aliphatic carbocycles. The molecule has 0 amide bonds. The lowest BCUT2D eigenvalue weighted by atomic mass is 9.95. The lowest BCUT2D eigenvalue weighted by molar-refractivity contribution is 0.0492. The summed E-state index contributed by atoms with van der Waals surface area (Å²) in [6.07, 6.45) is 2.37. The van der Waals surface area contributed by atoms with Crippen molar-refractivity contribution in [1.29, 1.82) is 0 Å². The van der Waals surface area contributed by atoms with Gasteiger partial charge in [-0.1, -0.05) is 27.2 Å². The number of ether oxygens (including phenoxy) is 1.